The zero-order chi connectivity index (χ0) is 18.7. The number of carbonyl (C=O) groups excluding carboxylic acids is 1. The van der Waals surface area contributed by atoms with Gasteiger partial charge in [-0.3, -0.25) is 9.10 Å². The number of likely N-dealkylation sites (tertiary alicyclic amines) is 1. The van der Waals surface area contributed by atoms with Crippen molar-refractivity contribution in [3.8, 4) is 11.5 Å². The molecule has 8 heteroatoms. The summed E-state index contributed by atoms with van der Waals surface area (Å²) in [5, 5.41) is 0. The minimum Gasteiger partial charge on any atom is -0.454 e. The smallest absolute Gasteiger partial charge is 0.232 e. The van der Waals surface area contributed by atoms with E-state index in [1.165, 1.54) is 10.6 Å². The Labute approximate surface area is 154 Å². The molecule has 0 spiro atoms. The third kappa shape index (κ3) is 4.41. The Bertz CT molecular complexity index is 765. The van der Waals surface area contributed by atoms with Gasteiger partial charge in [-0.15, -0.1) is 0 Å². The number of nitrogens with zero attached hydrogens (tertiary/aromatic N) is 2. The molecule has 2 aliphatic rings. The van der Waals surface area contributed by atoms with E-state index in [0.717, 1.165) is 25.9 Å². The van der Waals surface area contributed by atoms with E-state index < -0.39 is 10.0 Å². The van der Waals surface area contributed by atoms with Gasteiger partial charge < -0.3 is 14.4 Å². The SMILES string of the molecule is CC1CCCN(C(=O)CCCN(c2ccc3c(c2)OCO3)S(C)(=O)=O)C1. The van der Waals surface area contributed by atoms with Crippen molar-refractivity contribution in [1.29, 1.82) is 0 Å². The Hall–Kier alpha value is -1.96. The van der Waals surface area contributed by atoms with E-state index >= 15 is 0 Å². The van der Waals surface area contributed by atoms with Crippen LogP contribution in [0.5, 0.6) is 11.5 Å². The van der Waals surface area contributed by atoms with Gasteiger partial charge in [-0.25, -0.2) is 8.42 Å². The predicted octanol–water partition coefficient (Wildman–Crippen LogP) is 2.22. The Morgan fingerprint density at radius 3 is 2.81 bits per heavy atom. The molecule has 1 atom stereocenters. The number of anilines is 1. The van der Waals surface area contributed by atoms with Crippen LogP contribution in [0.15, 0.2) is 18.2 Å². The number of amides is 1. The molecule has 1 aromatic carbocycles. The molecule has 3 rings (SSSR count). The highest BCUT2D eigenvalue weighted by molar-refractivity contribution is 7.92. The average Bonchev–Trinajstić information content (AvgIpc) is 3.05. The molecule has 0 aromatic heterocycles. The lowest BCUT2D eigenvalue weighted by Crippen LogP contribution is -2.39. The van der Waals surface area contributed by atoms with Crippen LogP contribution in [0, 0.1) is 5.92 Å². The lowest BCUT2D eigenvalue weighted by atomic mass is 10.00. The zero-order valence-electron chi connectivity index (χ0n) is 15.3. The predicted molar refractivity (Wildman–Crippen MR) is 99.0 cm³/mol. The number of rotatable bonds is 6. The highest BCUT2D eigenvalue weighted by atomic mass is 32.2. The van der Waals surface area contributed by atoms with E-state index in [1.807, 2.05) is 4.90 Å². The molecule has 26 heavy (non-hydrogen) atoms. The molecule has 2 aliphatic heterocycles. The second-order valence-corrected chi connectivity index (χ2v) is 8.97. The van der Waals surface area contributed by atoms with E-state index in [2.05, 4.69) is 6.92 Å². The standard InChI is InChI=1S/C18H26N2O5S/c1-14-5-3-9-19(12-14)18(21)6-4-10-20(26(2,22)23)15-7-8-16-17(11-15)25-13-24-16/h7-8,11,14H,3-6,9-10,12-13H2,1-2H3. The molecule has 0 N–H and O–H groups in total. The fraction of sp³-hybridized carbons (Fsp3) is 0.611. The first-order chi connectivity index (χ1) is 12.3. The van der Waals surface area contributed by atoms with Crippen LogP contribution in [-0.4, -0.2) is 51.9 Å². The lowest BCUT2D eigenvalue weighted by molar-refractivity contribution is -0.132. The van der Waals surface area contributed by atoms with Crippen LogP contribution < -0.4 is 13.8 Å². The third-order valence-corrected chi connectivity index (χ3v) is 6.00. The zero-order valence-corrected chi connectivity index (χ0v) is 16.1. The summed E-state index contributed by atoms with van der Waals surface area (Å²) in [5.74, 6) is 1.79. The molecule has 1 saturated heterocycles. The van der Waals surface area contributed by atoms with Crippen molar-refractivity contribution in [2.75, 3.05) is 37.0 Å². The fourth-order valence-electron chi connectivity index (χ4n) is 3.47. The van der Waals surface area contributed by atoms with Gasteiger partial charge in [0.25, 0.3) is 0 Å². The van der Waals surface area contributed by atoms with Gasteiger partial charge in [-0.2, -0.15) is 0 Å². The topological polar surface area (TPSA) is 76.2 Å². The first-order valence-electron chi connectivity index (χ1n) is 9.00. The van der Waals surface area contributed by atoms with Gasteiger partial charge in [0, 0.05) is 32.1 Å². The van der Waals surface area contributed by atoms with E-state index in [4.69, 9.17) is 9.47 Å². The molecule has 2 heterocycles. The molecule has 1 unspecified atom stereocenters. The van der Waals surface area contributed by atoms with Gasteiger partial charge in [-0.05, 0) is 37.3 Å². The Morgan fingerprint density at radius 1 is 1.31 bits per heavy atom. The van der Waals surface area contributed by atoms with Crippen molar-refractivity contribution in [1.82, 2.24) is 4.90 Å². The van der Waals surface area contributed by atoms with E-state index in [0.29, 0.717) is 35.9 Å². The number of fused-ring (bicyclic) bond motifs is 1. The second-order valence-electron chi connectivity index (χ2n) is 7.06. The van der Waals surface area contributed by atoms with Gasteiger partial charge in [0.2, 0.25) is 22.7 Å². The van der Waals surface area contributed by atoms with Crippen molar-refractivity contribution < 1.29 is 22.7 Å². The van der Waals surface area contributed by atoms with Crippen LogP contribution in [-0.2, 0) is 14.8 Å². The van der Waals surface area contributed by atoms with Gasteiger partial charge in [0.15, 0.2) is 11.5 Å². The number of piperidine rings is 1. The van der Waals surface area contributed by atoms with Crippen molar-refractivity contribution >= 4 is 21.6 Å². The molecule has 0 bridgehead atoms. The first kappa shape index (κ1) is 18.8. The van der Waals surface area contributed by atoms with Gasteiger partial charge in [-0.1, -0.05) is 6.92 Å². The number of carbonyl (C=O) groups is 1. The molecule has 1 amide bonds. The average molecular weight is 382 g/mol. The molecular weight excluding hydrogens is 356 g/mol. The monoisotopic (exact) mass is 382 g/mol. The number of hydrogen-bond donors (Lipinski definition) is 0. The summed E-state index contributed by atoms with van der Waals surface area (Å²) in [6.07, 6.45) is 4.20. The van der Waals surface area contributed by atoms with Crippen LogP contribution in [0.4, 0.5) is 5.69 Å². The number of hydrogen-bond acceptors (Lipinski definition) is 5. The third-order valence-electron chi connectivity index (χ3n) is 4.81. The minimum absolute atomic E-state index is 0.107. The summed E-state index contributed by atoms with van der Waals surface area (Å²) in [4.78, 5) is 14.3. The second kappa shape index (κ2) is 7.73. The molecule has 0 aliphatic carbocycles. The maximum absolute atomic E-state index is 12.4. The minimum atomic E-state index is -3.45. The molecule has 1 fully saturated rings. The largest absolute Gasteiger partial charge is 0.454 e. The highest BCUT2D eigenvalue weighted by Crippen LogP contribution is 2.36. The number of ether oxygens (including phenoxy) is 2. The fourth-order valence-corrected chi connectivity index (χ4v) is 4.43. The van der Waals surface area contributed by atoms with Gasteiger partial charge in [0.1, 0.15) is 0 Å². The number of sulfonamides is 1. The van der Waals surface area contributed by atoms with Crippen LogP contribution in [0.25, 0.3) is 0 Å². The summed E-state index contributed by atoms with van der Waals surface area (Å²) in [6.45, 7) is 4.16. The van der Waals surface area contributed by atoms with Crippen molar-refractivity contribution in [2.24, 2.45) is 5.92 Å². The normalized spacial score (nSPS) is 19.5. The Balaban J connectivity index is 1.62. The summed E-state index contributed by atoms with van der Waals surface area (Å²) in [5.41, 5.74) is 0.524. The van der Waals surface area contributed by atoms with E-state index in [1.54, 1.807) is 18.2 Å². The first-order valence-corrected chi connectivity index (χ1v) is 10.8. The van der Waals surface area contributed by atoms with Crippen molar-refractivity contribution in [2.45, 2.75) is 32.6 Å². The molecule has 144 valence electrons. The van der Waals surface area contributed by atoms with E-state index in [-0.39, 0.29) is 19.2 Å². The quantitative estimate of drug-likeness (QED) is 0.754. The number of benzene rings is 1. The molecule has 7 nitrogen and oxygen atoms in total. The van der Waals surface area contributed by atoms with Crippen LogP contribution in [0.3, 0.4) is 0 Å². The summed E-state index contributed by atoms with van der Waals surface area (Å²) < 4.78 is 36.3. The van der Waals surface area contributed by atoms with Crippen LogP contribution >= 0.6 is 0 Å². The van der Waals surface area contributed by atoms with Crippen LogP contribution in [0.1, 0.15) is 32.6 Å². The van der Waals surface area contributed by atoms with E-state index in [9.17, 15) is 13.2 Å². The molecule has 0 radical (unpaired) electrons. The summed E-state index contributed by atoms with van der Waals surface area (Å²) >= 11 is 0. The van der Waals surface area contributed by atoms with Crippen molar-refractivity contribution in [3.05, 3.63) is 18.2 Å². The molecular formula is C18H26N2O5S. The molecule has 1 aromatic rings. The van der Waals surface area contributed by atoms with Crippen molar-refractivity contribution in [3.63, 3.8) is 0 Å². The highest BCUT2D eigenvalue weighted by Gasteiger charge is 2.23. The van der Waals surface area contributed by atoms with Gasteiger partial charge >= 0.3 is 0 Å². The Morgan fingerprint density at radius 2 is 2.08 bits per heavy atom. The maximum Gasteiger partial charge on any atom is 0.232 e. The summed E-state index contributed by atoms with van der Waals surface area (Å²) in [7, 11) is -3.45. The maximum atomic E-state index is 12.4. The summed E-state index contributed by atoms with van der Waals surface area (Å²) in [6, 6.07) is 5.07. The van der Waals surface area contributed by atoms with Gasteiger partial charge in [0.05, 0.1) is 11.9 Å². The lowest BCUT2D eigenvalue weighted by Gasteiger charge is -2.31. The molecule has 0 saturated carbocycles. The Kier molecular flexibility index (Phi) is 5.60. The van der Waals surface area contributed by atoms with Crippen LogP contribution in [0.2, 0.25) is 0 Å².